The average Bonchev–Trinajstić information content (AvgIpc) is 3.21. The molecule has 10 atom stereocenters. The van der Waals surface area contributed by atoms with Gasteiger partial charge in [-0.05, 0) is 141 Å². The van der Waals surface area contributed by atoms with E-state index in [9.17, 15) is 4.79 Å². The van der Waals surface area contributed by atoms with Crippen molar-refractivity contribution in [2.45, 2.75) is 151 Å². The van der Waals surface area contributed by atoms with Crippen LogP contribution in [0.4, 0.5) is 0 Å². The van der Waals surface area contributed by atoms with Gasteiger partial charge in [0.15, 0.2) is 8.32 Å². The molecule has 5 fully saturated rings. The molecule has 0 spiro atoms. The molecule has 5 rings (SSSR count). The van der Waals surface area contributed by atoms with Crippen LogP contribution < -0.4 is 0 Å². The molecule has 0 saturated heterocycles. The largest absolute Gasteiger partial charge is 0.413 e. The Morgan fingerprint density at radius 1 is 0.846 bits per heavy atom. The lowest BCUT2D eigenvalue weighted by Crippen LogP contribution is -2.67. The fourth-order valence-electron chi connectivity index (χ4n) is 12.1. The molecule has 0 heterocycles. The van der Waals surface area contributed by atoms with Gasteiger partial charge in [-0.2, -0.15) is 0 Å². The van der Waals surface area contributed by atoms with Crippen LogP contribution in [0.1, 0.15) is 127 Å². The molecule has 0 N–H and O–H groups in total. The zero-order valence-corrected chi connectivity index (χ0v) is 28.6. The zero-order chi connectivity index (χ0) is 29.0. The molecular formula is C36H62O2Si. The number of carbonyl (C=O) groups is 1. The van der Waals surface area contributed by atoms with Crippen LogP contribution >= 0.6 is 0 Å². The Kier molecular flexibility index (Phi) is 6.97. The van der Waals surface area contributed by atoms with Crippen molar-refractivity contribution in [3.8, 4) is 0 Å². The van der Waals surface area contributed by atoms with Crippen molar-refractivity contribution in [2.24, 2.45) is 56.7 Å². The molecule has 3 heteroatoms. The van der Waals surface area contributed by atoms with Gasteiger partial charge in [0.2, 0.25) is 0 Å². The highest BCUT2D eigenvalue weighted by molar-refractivity contribution is 6.74. The Morgan fingerprint density at radius 2 is 1.51 bits per heavy atom. The summed E-state index contributed by atoms with van der Waals surface area (Å²) in [6.07, 6.45) is 14.3. The molecular weight excluding hydrogens is 492 g/mol. The predicted octanol–water partition coefficient (Wildman–Crippen LogP) is 10.2. The van der Waals surface area contributed by atoms with Crippen LogP contribution in [0.15, 0.2) is 12.2 Å². The lowest BCUT2D eigenvalue weighted by Gasteiger charge is -2.73. The van der Waals surface area contributed by atoms with Gasteiger partial charge in [-0.15, -0.1) is 0 Å². The molecule has 0 aromatic carbocycles. The quantitative estimate of drug-likeness (QED) is 0.196. The SMILES string of the molecule is C=C(C)[C@@H]1CC[C@]2(C=O)CC[C@]3(C)[C@H](CC[C@@H]4[C@@]5(C)CC[C@H](O[Si](C)(C)C(C)(C)C)C(C)(C)[C@@H]5CC[C@]43C)[C@@H]12. The molecule has 0 amide bonds. The summed E-state index contributed by atoms with van der Waals surface area (Å²) in [5, 5.41) is 0.252. The molecule has 0 aromatic heterocycles. The van der Waals surface area contributed by atoms with Gasteiger partial charge in [0.25, 0.3) is 0 Å². The van der Waals surface area contributed by atoms with Crippen molar-refractivity contribution in [2.75, 3.05) is 0 Å². The number of hydrogen-bond acceptors (Lipinski definition) is 2. The summed E-state index contributed by atoms with van der Waals surface area (Å²) in [6, 6.07) is 0. The highest BCUT2D eigenvalue weighted by atomic mass is 28.4. The molecule has 222 valence electrons. The first kappa shape index (κ1) is 30.1. The summed E-state index contributed by atoms with van der Waals surface area (Å²) in [5.41, 5.74) is 2.49. The second kappa shape index (κ2) is 9.04. The number of fused-ring (bicyclic) bond motifs is 7. The standard InChI is InChI=1S/C36H62O2Si/c1-24(2)25-15-20-36(23-37)22-21-34(9)26(30(25)36)13-14-28-33(8)18-17-29(38-39(11,12)31(3,4)5)32(6,7)27(33)16-19-35(28,34)10/h23,25-30H,1,13-22H2,2-12H3/t25-,26+,27-,28+,29-,30+,33-,34+,35+,36+/m0/s1. The molecule has 0 radical (unpaired) electrons. The molecule has 5 aliphatic carbocycles. The third-order valence-corrected chi connectivity index (χ3v) is 20.0. The number of rotatable bonds is 4. The molecule has 2 nitrogen and oxygen atoms in total. The van der Waals surface area contributed by atoms with E-state index in [-0.39, 0.29) is 15.9 Å². The van der Waals surface area contributed by atoms with E-state index >= 15 is 0 Å². The second-order valence-corrected chi connectivity index (χ2v) is 23.0. The van der Waals surface area contributed by atoms with E-state index in [1.165, 1.54) is 63.2 Å². The number of carbonyl (C=O) groups excluding carboxylic acids is 1. The Bertz CT molecular complexity index is 1010. The lowest BCUT2D eigenvalue weighted by atomic mass is 9.32. The molecule has 0 unspecified atom stereocenters. The van der Waals surface area contributed by atoms with Gasteiger partial charge >= 0.3 is 0 Å². The lowest BCUT2D eigenvalue weighted by molar-refractivity contribution is -0.244. The number of hydrogen-bond donors (Lipinski definition) is 0. The fourth-order valence-corrected chi connectivity index (χ4v) is 13.6. The van der Waals surface area contributed by atoms with Crippen LogP contribution in [0.5, 0.6) is 0 Å². The first-order chi connectivity index (χ1) is 17.8. The van der Waals surface area contributed by atoms with E-state index in [1.807, 2.05) is 0 Å². The van der Waals surface area contributed by atoms with Gasteiger partial charge in [0.05, 0.1) is 6.10 Å². The number of aldehydes is 1. The van der Waals surface area contributed by atoms with E-state index in [4.69, 9.17) is 4.43 Å². The van der Waals surface area contributed by atoms with Gasteiger partial charge in [-0.3, -0.25) is 0 Å². The average molecular weight is 555 g/mol. The highest BCUT2D eigenvalue weighted by Gasteiger charge is 2.71. The maximum absolute atomic E-state index is 12.7. The summed E-state index contributed by atoms with van der Waals surface area (Å²) in [6.45, 7) is 32.0. The van der Waals surface area contributed by atoms with Crippen molar-refractivity contribution in [3.05, 3.63) is 12.2 Å². The van der Waals surface area contributed by atoms with Crippen LogP contribution in [-0.4, -0.2) is 20.7 Å². The van der Waals surface area contributed by atoms with E-state index in [0.29, 0.717) is 40.1 Å². The Hall–Kier alpha value is -0.413. The summed E-state index contributed by atoms with van der Waals surface area (Å²) >= 11 is 0. The normalized spacial score (nSPS) is 49.3. The van der Waals surface area contributed by atoms with Gasteiger partial charge < -0.3 is 9.22 Å². The Morgan fingerprint density at radius 3 is 2.10 bits per heavy atom. The monoisotopic (exact) mass is 554 g/mol. The van der Waals surface area contributed by atoms with Crippen LogP contribution in [-0.2, 0) is 9.22 Å². The molecule has 5 aliphatic rings. The molecule has 0 bridgehead atoms. The minimum atomic E-state index is -1.82. The number of allylic oxidation sites excluding steroid dienone is 1. The van der Waals surface area contributed by atoms with Crippen LogP contribution in [0, 0.1) is 56.7 Å². The van der Waals surface area contributed by atoms with E-state index < -0.39 is 8.32 Å². The summed E-state index contributed by atoms with van der Waals surface area (Å²) in [4.78, 5) is 12.7. The first-order valence-electron chi connectivity index (χ1n) is 16.6. The third kappa shape index (κ3) is 3.96. The van der Waals surface area contributed by atoms with Gasteiger partial charge in [0, 0.05) is 5.41 Å². The Labute approximate surface area is 243 Å². The summed E-state index contributed by atoms with van der Waals surface area (Å²) in [5.74, 6) is 3.20. The minimum absolute atomic E-state index is 0.0841. The summed E-state index contributed by atoms with van der Waals surface area (Å²) < 4.78 is 7.22. The molecule has 39 heavy (non-hydrogen) atoms. The molecule has 5 saturated carbocycles. The van der Waals surface area contributed by atoms with Crippen molar-refractivity contribution < 1.29 is 9.22 Å². The zero-order valence-electron chi connectivity index (χ0n) is 27.6. The van der Waals surface area contributed by atoms with Gasteiger partial charge in [0.1, 0.15) is 6.29 Å². The highest BCUT2D eigenvalue weighted by Crippen LogP contribution is 2.77. The second-order valence-electron chi connectivity index (χ2n) is 18.3. The van der Waals surface area contributed by atoms with Crippen LogP contribution in [0.3, 0.4) is 0 Å². The van der Waals surface area contributed by atoms with Crippen LogP contribution in [0.25, 0.3) is 0 Å². The Balaban J connectivity index is 1.47. The topological polar surface area (TPSA) is 26.3 Å². The van der Waals surface area contributed by atoms with Crippen LogP contribution in [0.2, 0.25) is 18.1 Å². The maximum Gasteiger partial charge on any atom is 0.192 e. The van der Waals surface area contributed by atoms with Crippen molar-refractivity contribution in [1.29, 1.82) is 0 Å². The van der Waals surface area contributed by atoms with E-state index in [2.05, 4.69) is 82.0 Å². The molecule has 0 aliphatic heterocycles. The van der Waals surface area contributed by atoms with Gasteiger partial charge in [-0.25, -0.2) is 0 Å². The minimum Gasteiger partial charge on any atom is -0.413 e. The van der Waals surface area contributed by atoms with Crippen molar-refractivity contribution in [1.82, 2.24) is 0 Å². The van der Waals surface area contributed by atoms with Gasteiger partial charge in [-0.1, -0.05) is 67.5 Å². The summed E-state index contributed by atoms with van der Waals surface area (Å²) in [7, 11) is -1.82. The van der Waals surface area contributed by atoms with E-state index in [0.717, 1.165) is 24.7 Å². The fraction of sp³-hybridized carbons (Fsp3) is 0.917. The molecule has 0 aromatic rings. The third-order valence-electron chi connectivity index (χ3n) is 15.5. The van der Waals surface area contributed by atoms with E-state index in [1.54, 1.807) is 0 Å². The van der Waals surface area contributed by atoms with Crippen molar-refractivity contribution in [3.63, 3.8) is 0 Å². The smallest absolute Gasteiger partial charge is 0.192 e. The first-order valence-corrected chi connectivity index (χ1v) is 19.5. The van der Waals surface area contributed by atoms with Crippen molar-refractivity contribution >= 4 is 14.6 Å². The maximum atomic E-state index is 12.7. The predicted molar refractivity (Wildman–Crippen MR) is 167 cm³/mol.